The number of anilines is 1. The molecule has 0 aliphatic carbocycles. The minimum Gasteiger partial charge on any atom is -0.346 e. The van der Waals surface area contributed by atoms with Gasteiger partial charge in [0.2, 0.25) is 0 Å². The third kappa shape index (κ3) is 4.94. The second kappa shape index (κ2) is 9.47. The molecule has 1 atom stereocenters. The van der Waals surface area contributed by atoms with E-state index in [0.717, 1.165) is 29.8 Å². The van der Waals surface area contributed by atoms with Crippen LogP contribution in [0.15, 0.2) is 84.9 Å². The molecule has 1 aliphatic heterocycles. The van der Waals surface area contributed by atoms with Crippen molar-refractivity contribution in [1.29, 1.82) is 0 Å². The summed E-state index contributed by atoms with van der Waals surface area (Å²) >= 11 is 0. The Bertz CT molecular complexity index is 1020. The Morgan fingerprint density at radius 1 is 0.903 bits per heavy atom. The summed E-state index contributed by atoms with van der Waals surface area (Å²) in [4.78, 5) is 29.3. The molecule has 1 heterocycles. The van der Waals surface area contributed by atoms with Gasteiger partial charge < -0.3 is 10.2 Å². The number of carbonyl (C=O) groups excluding carboxylic acids is 2. The Kier molecular flexibility index (Phi) is 6.32. The Balaban J connectivity index is 1.41. The van der Waals surface area contributed by atoms with Crippen LogP contribution in [0, 0.1) is 0 Å². The van der Waals surface area contributed by atoms with E-state index < -0.39 is 0 Å². The Morgan fingerprint density at radius 3 is 2.23 bits per heavy atom. The highest BCUT2D eigenvalue weighted by molar-refractivity contribution is 5.96. The zero-order chi connectivity index (χ0) is 21.6. The predicted octanol–water partition coefficient (Wildman–Crippen LogP) is 5.01. The summed E-state index contributed by atoms with van der Waals surface area (Å²) in [5.41, 5.74) is 3.58. The Morgan fingerprint density at radius 2 is 1.55 bits per heavy atom. The quantitative estimate of drug-likeness (QED) is 0.618. The number of rotatable bonds is 6. The molecule has 1 unspecified atom stereocenters. The van der Waals surface area contributed by atoms with Gasteiger partial charge in [-0.25, -0.2) is 4.79 Å². The molecule has 5 heteroatoms. The van der Waals surface area contributed by atoms with Crippen LogP contribution in [0.3, 0.4) is 0 Å². The minimum atomic E-state index is -0.126. The number of amides is 3. The Hall–Kier alpha value is -3.60. The molecule has 4 rings (SSSR count). The first-order valence-electron chi connectivity index (χ1n) is 10.7. The number of urea groups is 1. The molecular formula is C26H27N3O2. The predicted molar refractivity (Wildman–Crippen MR) is 123 cm³/mol. The molecule has 0 spiro atoms. The van der Waals surface area contributed by atoms with Gasteiger partial charge in [-0.2, -0.15) is 0 Å². The molecule has 0 radical (unpaired) electrons. The van der Waals surface area contributed by atoms with Gasteiger partial charge in [0.05, 0.1) is 6.04 Å². The number of hydrogen-bond acceptors (Lipinski definition) is 2. The highest BCUT2D eigenvalue weighted by Gasteiger charge is 2.27. The van der Waals surface area contributed by atoms with Gasteiger partial charge >= 0.3 is 6.03 Å². The highest BCUT2D eigenvalue weighted by atomic mass is 16.2. The third-order valence-corrected chi connectivity index (χ3v) is 5.62. The van der Waals surface area contributed by atoms with Crippen molar-refractivity contribution in [1.82, 2.24) is 10.2 Å². The first-order chi connectivity index (χ1) is 15.1. The van der Waals surface area contributed by atoms with Crippen LogP contribution in [0.5, 0.6) is 0 Å². The fourth-order valence-electron chi connectivity index (χ4n) is 3.87. The number of carbonyl (C=O) groups is 2. The number of nitrogens with zero attached hydrogens (tertiary/aromatic N) is 2. The molecule has 158 valence electrons. The van der Waals surface area contributed by atoms with Crippen molar-refractivity contribution >= 4 is 17.6 Å². The van der Waals surface area contributed by atoms with E-state index in [1.165, 1.54) is 0 Å². The molecule has 5 nitrogen and oxygen atoms in total. The minimum absolute atomic E-state index is 0.00463. The zero-order valence-electron chi connectivity index (χ0n) is 17.7. The van der Waals surface area contributed by atoms with E-state index in [1.807, 2.05) is 84.6 Å². The van der Waals surface area contributed by atoms with Crippen LogP contribution in [0.4, 0.5) is 10.5 Å². The lowest BCUT2D eigenvalue weighted by Crippen LogP contribution is -2.49. The van der Waals surface area contributed by atoms with Crippen molar-refractivity contribution in [3.05, 3.63) is 102 Å². The molecule has 1 aliphatic rings. The van der Waals surface area contributed by atoms with Crippen LogP contribution in [0.1, 0.15) is 40.9 Å². The van der Waals surface area contributed by atoms with Gasteiger partial charge in [0.1, 0.15) is 0 Å². The lowest BCUT2D eigenvalue weighted by molar-refractivity contribution is 0.0940. The third-order valence-electron chi connectivity index (χ3n) is 5.62. The standard InChI is InChI=1S/C26H27N3O2/c1-20(22-11-6-3-7-12-22)27-25(30)23-13-15-24(16-14-23)29-18-8-17-28(26(29)31)19-21-9-4-2-5-10-21/h2-7,9-16,20H,8,17-19H2,1H3,(H,27,30). The fourth-order valence-corrected chi connectivity index (χ4v) is 3.87. The van der Waals surface area contributed by atoms with Gasteiger partial charge in [-0.05, 0) is 48.7 Å². The van der Waals surface area contributed by atoms with E-state index in [4.69, 9.17) is 0 Å². The number of benzene rings is 3. The van der Waals surface area contributed by atoms with Gasteiger partial charge in [-0.3, -0.25) is 9.69 Å². The normalized spacial score (nSPS) is 14.9. The maximum atomic E-state index is 13.0. The molecule has 1 N–H and O–H groups in total. The zero-order valence-corrected chi connectivity index (χ0v) is 17.7. The van der Waals surface area contributed by atoms with Gasteiger partial charge in [0, 0.05) is 30.9 Å². The Labute approximate surface area is 183 Å². The maximum Gasteiger partial charge on any atom is 0.324 e. The van der Waals surface area contributed by atoms with E-state index in [0.29, 0.717) is 18.7 Å². The molecule has 31 heavy (non-hydrogen) atoms. The smallest absolute Gasteiger partial charge is 0.324 e. The summed E-state index contributed by atoms with van der Waals surface area (Å²) in [5.74, 6) is -0.126. The summed E-state index contributed by atoms with van der Waals surface area (Å²) in [6.45, 7) is 4.01. The van der Waals surface area contributed by atoms with E-state index >= 15 is 0 Å². The van der Waals surface area contributed by atoms with E-state index in [2.05, 4.69) is 5.32 Å². The fraction of sp³-hybridized carbons (Fsp3) is 0.231. The number of hydrogen-bond donors (Lipinski definition) is 1. The van der Waals surface area contributed by atoms with E-state index in [9.17, 15) is 9.59 Å². The second-order valence-electron chi connectivity index (χ2n) is 7.85. The summed E-state index contributed by atoms with van der Waals surface area (Å²) in [6.07, 6.45) is 0.912. The summed E-state index contributed by atoms with van der Waals surface area (Å²) in [7, 11) is 0. The van der Waals surface area contributed by atoms with E-state index in [-0.39, 0.29) is 18.0 Å². The lowest BCUT2D eigenvalue weighted by Gasteiger charge is -2.35. The second-order valence-corrected chi connectivity index (χ2v) is 7.85. The van der Waals surface area contributed by atoms with Gasteiger partial charge in [-0.1, -0.05) is 60.7 Å². The lowest BCUT2D eigenvalue weighted by atomic mass is 10.1. The average molecular weight is 414 g/mol. The monoisotopic (exact) mass is 413 g/mol. The summed E-state index contributed by atoms with van der Waals surface area (Å²) in [5, 5.41) is 3.03. The number of nitrogens with one attached hydrogen (secondary N) is 1. The first kappa shape index (κ1) is 20.7. The van der Waals surface area contributed by atoms with Crippen molar-refractivity contribution in [3.8, 4) is 0 Å². The van der Waals surface area contributed by atoms with Crippen LogP contribution in [-0.4, -0.2) is 29.9 Å². The van der Waals surface area contributed by atoms with Gasteiger partial charge in [-0.15, -0.1) is 0 Å². The van der Waals surface area contributed by atoms with Crippen LogP contribution in [-0.2, 0) is 6.54 Å². The van der Waals surface area contributed by atoms with Crippen molar-refractivity contribution in [2.75, 3.05) is 18.0 Å². The molecular weight excluding hydrogens is 386 g/mol. The molecule has 1 fully saturated rings. The highest BCUT2D eigenvalue weighted by Crippen LogP contribution is 2.22. The van der Waals surface area contributed by atoms with Crippen LogP contribution < -0.4 is 10.2 Å². The molecule has 0 saturated carbocycles. The van der Waals surface area contributed by atoms with Crippen molar-refractivity contribution in [2.24, 2.45) is 0 Å². The topological polar surface area (TPSA) is 52.7 Å². The van der Waals surface area contributed by atoms with Crippen molar-refractivity contribution in [3.63, 3.8) is 0 Å². The molecule has 1 saturated heterocycles. The van der Waals surface area contributed by atoms with Crippen LogP contribution >= 0.6 is 0 Å². The van der Waals surface area contributed by atoms with Crippen LogP contribution in [0.2, 0.25) is 0 Å². The van der Waals surface area contributed by atoms with Crippen molar-refractivity contribution < 1.29 is 9.59 Å². The van der Waals surface area contributed by atoms with E-state index in [1.54, 1.807) is 17.0 Å². The average Bonchev–Trinajstić information content (AvgIpc) is 2.82. The summed E-state index contributed by atoms with van der Waals surface area (Å²) in [6, 6.07) is 27.1. The molecule has 3 aromatic rings. The van der Waals surface area contributed by atoms with Crippen molar-refractivity contribution in [2.45, 2.75) is 25.9 Å². The van der Waals surface area contributed by atoms with Crippen LogP contribution in [0.25, 0.3) is 0 Å². The first-order valence-corrected chi connectivity index (χ1v) is 10.7. The van der Waals surface area contributed by atoms with Gasteiger partial charge in [0.15, 0.2) is 0 Å². The molecule has 3 aromatic carbocycles. The van der Waals surface area contributed by atoms with Gasteiger partial charge in [0.25, 0.3) is 5.91 Å². The molecule has 3 amide bonds. The molecule has 0 aromatic heterocycles. The maximum absolute atomic E-state index is 13.0. The summed E-state index contributed by atoms with van der Waals surface area (Å²) < 4.78 is 0. The molecule has 0 bridgehead atoms. The SMILES string of the molecule is CC(NC(=O)c1ccc(N2CCCN(Cc3ccccc3)C2=O)cc1)c1ccccc1. The largest absolute Gasteiger partial charge is 0.346 e.